The van der Waals surface area contributed by atoms with Gasteiger partial charge in [-0.05, 0) is 19.9 Å². The van der Waals surface area contributed by atoms with Crippen molar-refractivity contribution in [2.45, 2.75) is 32.1 Å². The van der Waals surface area contributed by atoms with Gasteiger partial charge < -0.3 is 15.1 Å². The molecule has 1 aromatic carbocycles. The molecule has 4 rings (SSSR count). The van der Waals surface area contributed by atoms with Crippen LogP contribution in [0.1, 0.15) is 31.0 Å². The van der Waals surface area contributed by atoms with Gasteiger partial charge in [0.15, 0.2) is 5.82 Å². The molecule has 182 valence electrons. The SMILES string of the molecule is C[C@@H](Nc1nn(C)c(=O)c2cc(=O)n(N3CCOC[C@@H]3C)cc12)c1cccc(C(F)(F)F)c1F. The molecule has 1 fully saturated rings. The first-order valence-electron chi connectivity index (χ1n) is 10.6. The van der Waals surface area contributed by atoms with Crippen molar-refractivity contribution >= 4 is 16.6 Å². The molecule has 0 unspecified atom stereocenters. The topological polar surface area (TPSA) is 81.4 Å². The van der Waals surface area contributed by atoms with Crippen LogP contribution in [0.3, 0.4) is 0 Å². The number of aromatic nitrogens is 3. The van der Waals surface area contributed by atoms with Gasteiger partial charge in [0.2, 0.25) is 0 Å². The van der Waals surface area contributed by atoms with Crippen LogP contribution in [-0.2, 0) is 18.0 Å². The molecule has 1 N–H and O–H groups in total. The number of anilines is 1. The molecule has 3 heterocycles. The van der Waals surface area contributed by atoms with Crippen molar-refractivity contribution in [3.8, 4) is 0 Å². The van der Waals surface area contributed by atoms with E-state index >= 15 is 0 Å². The number of rotatable bonds is 4. The van der Waals surface area contributed by atoms with Gasteiger partial charge in [-0.2, -0.15) is 18.3 Å². The average molecular weight is 481 g/mol. The number of benzene rings is 1. The average Bonchev–Trinajstić information content (AvgIpc) is 2.77. The normalized spacial score (nSPS) is 17.7. The number of nitrogens with zero attached hydrogens (tertiary/aromatic N) is 4. The number of nitrogens with one attached hydrogen (secondary N) is 1. The summed E-state index contributed by atoms with van der Waals surface area (Å²) >= 11 is 0. The van der Waals surface area contributed by atoms with Gasteiger partial charge in [0, 0.05) is 24.9 Å². The van der Waals surface area contributed by atoms with Crippen LogP contribution in [0, 0.1) is 5.82 Å². The standard InChI is InChI=1S/C22H23F4N5O3/c1-12-11-34-8-7-30(12)31-10-16-15(9-18(31)32)21(33)29(3)28-20(16)27-13(2)14-5-4-6-17(19(14)23)22(24,25)26/h4-6,9-10,12-13H,7-8,11H2,1-3H3,(H,27,28)/t12-,13+/m0/s1. The first kappa shape index (κ1) is 23.7. The van der Waals surface area contributed by atoms with Crippen LogP contribution in [0.4, 0.5) is 23.4 Å². The molecule has 2 atom stereocenters. The van der Waals surface area contributed by atoms with Crippen LogP contribution in [-0.4, -0.2) is 40.3 Å². The second kappa shape index (κ2) is 8.75. The van der Waals surface area contributed by atoms with Crippen molar-refractivity contribution in [1.82, 2.24) is 14.5 Å². The minimum absolute atomic E-state index is 0.0823. The molecular formula is C22H23F4N5O3. The molecule has 1 saturated heterocycles. The summed E-state index contributed by atoms with van der Waals surface area (Å²) in [6.07, 6.45) is -3.38. The molecule has 0 radical (unpaired) electrons. The van der Waals surface area contributed by atoms with E-state index in [1.165, 1.54) is 37.0 Å². The molecule has 0 spiro atoms. The van der Waals surface area contributed by atoms with Crippen LogP contribution in [0.15, 0.2) is 40.1 Å². The molecule has 12 heteroatoms. The Morgan fingerprint density at radius 1 is 1.24 bits per heavy atom. The minimum Gasteiger partial charge on any atom is -0.377 e. The third kappa shape index (κ3) is 4.25. The van der Waals surface area contributed by atoms with Gasteiger partial charge in [-0.25, -0.2) is 13.7 Å². The van der Waals surface area contributed by atoms with Crippen LogP contribution in [0.2, 0.25) is 0 Å². The second-order valence-electron chi connectivity index (χ2n) is 8.22. The fourth-order valence-corrected chi connectivity index (χ4v) is 4.04. The lowest BCUT2D eigenvalue weighted by atomic mass is 10.0. The van der Waals surface area contributed by atoms with Gasteiger partial charge >= 0.3 is 6.18 Å². The van der Waals surface area contributed by atoms with Crippen LogP contribution in [0.25, 0.3) is 10.8 Å². The summed E-state index contributed by atoms with van der Waals surface area (Å²) in [7, 11) is 1.39. The molecule has 0 bridgehead atoms. The van der Waals surface area contributed by atoms with E-state index < -0.39 is 34.7 Å². The molecule has 1 aliphatic rings. The highest BCUT2D eigenvalue weighted by Crippen LogP contribution is 2.34. The lowest BCUT2D eigenvalue weighted by molar-refractivity contribution is -0.140. The Kier molecular flexibility index (Phi) is 6.11. The zero-order chi connectivity index (χ0) is 24.8. The fourth-order valence-electron chi connectivity index (χ4n) is 4.04. The maximum absolute atomic E-state index is 14.7. The summed E-state index contributed by atoms with van der Waals surface area (Å²) in [5.74, 6) is -1.26. The van der Waals surface area contributed by atoms with Gasteiger partial charge in [-0.15, -0.1) is 0 Å². The number of halogens is 4. The molecule has 0 aliphatic carbocycles. The molecule has 8 nitrogen and oxygen atoms in total. The lowest BCUT2D eigenvalue weighted by Gasteiger charge is -2.36. The number of ether oxygens (including phenoxy) is 1. The minimum atomic E-state index is -4.84. The highest BCUT2D eigenvalue weighted by atomic mass is 19.4. The number of pyridine rings is 1. The van der Waals surface area contributed by atoms with Crippen LogP contribution in [0.5, 0.6) is 0 Å². The predicted molar refractivity (Wildman–Crippen MR) is 118 cm³/mol. The number of aryl methyl sites for hydroxylation is 1. The first-order valence-corrected chi connectivity index (χ1v) is 10.6. The fraction of sp³-hybridized carbons (Fsp3) is 0.409. The summed E-state index contributed by atoms with van der Waals surface area (Å²) < 4.78 is 62.0. The summed E-state index contributed by atoms with van der Waals surface area (Å²) in [5.41, 5.74) is -2.52. The predicted octanol–water partition coefficient (Wildman–Crippen LogP) is 2.78. The zero-order valence-electron chi connectivity index (χ0n) is 18.7. The van der Waals surface area contributed by atoms with E-state index in [0.29, 0.717) is 25.8 Å². The quantitative estimate of drug-likeness (QED) is 0.578. The van der Waals surface area contributed by atoms with Gasteiger partial charge in [0.05, 0.1) is 48.2 Å². The Balaban J connectivity index is 1.81. The molecule has 2 aromatic heterocycles. The largest absolute Gasteiger partial charge is 0.419 e. The Morgan fingerprint density at radius 2 is 1.97 bits per heavy atom. The van der Waals surface area contributed by atoms with Crippen LogP contribution >= 0.6 is 0 Å². The Labute approximate surface area is 191 Å². The van der Waals surface area contributed by atoms with E-state index in [1.807, 2.05) is 6.92 Å². The summed E-state index contributed by atoms with van der Waals surface area (Å²) in [6.45, 7) is 4.64. The van der Waals surface area contributed by atoms with E-state index in [1.54, 1.807) is 5.01 Å². The number of fused-ring (bicyclic) bond motifs is 1. The third-order valence-corrected chi connectivity index (χ3v) is 5.83. The van der Waals surface area contributed by atoms with E-state index in [4.69, 9.17) is 4.74 Å². The molecule has 0 amide bonds. The van der Waals surface area contributed by atoms with Crippen molar-refractivity contribution in [1.29, 1.82) is 0 Å². The van der Waals surface area contributed by atoms with Crippen molar-refractivity contribution < 1.29 is 22.3 Å². The summed E-state index contributed by atoms with van der Waals surface area (Å²) in [5, 5.41) is 9.26. The monoisotopic (exact) mass is 481 g/mol. The molecule has 0 saturated carbocycles. The van der Waals surface area contributed by atoms with E-state index in [-0.39, 0.29) is 28.2 Å². The van der Waals surface area contributed by atoms with Crippen molar-refractivity contribution in [2.24, 2.45) is 7.05 Å². The van der Waals surface area contributed by atoms with E-state index in [2.05, 4.69) is 10.4 Å². The van der Waals surface area contributed by atoms with Crippen molar-refractivity contribution in [3.05, 3.63) is 68.1 Å². The Hall–Kier alpha value is -3.41. The summed E-state index contributed by atoms with van der Waals surface area (Å²) in [4.78, 5) is 25.5. The number of morpholine rings is 1. The number of hydrogen-bond donors (Lipinski definition) is 1. The van der Waals surface area contributed by atoms with Crippen molar-refractivity contribution in [3.63, 3.8) is 0 Å². The lowest BCUT2D eigenvalue weighted by Crippen LogP contribution is -2.53. The van der Waals surface area contributed by atoms with E-state index in [0.717, 1.165) is 10.7 Å². The molecular weight excluding hydrogens is 458 g/mol. The highest BCUT2D eigenvalue weighted by Gasteiger charge is 2.35. The Morgan fingerprint density at radius 3 is 2.65 bits per heavy atom. The van der Waals surface area contributed by atoms with E-state index in [9.17, 15) is 27.2 Å². The first-order chi connectivity index (χ1) is 16.0. The van der Waals surface area contributed by atoms with Crippen LogP contribution < -0.4 is 21.4 Å². The Bertz CT molecular complexity index is 1350. The number of alkyl halides is 3. The number of hydrogen-bond acceptors (Lipinski definition) is 6. The smallest absolute Gasteiger partial charge is 0.377 e. The van der Waals surface area contributed by atoms with Gasteiger partial charge in [0.1, 0.15) is 5.82 Å². The van der Waals surface area contributed by atoms with Crippen molar-refractivity contribution in [2.75, 3.05) is 30.1 Å². The van der Waals surface area contributed by atoms with Gasteiger partial charge in [-0.3, -0.25) is 9.59 Å². The van der Waals surface area contributed by atoms with Gasteiger partial charge in [-0.1, -0.05) is 12.1 Å². The van der Waals surface area contributed by atoms with Gasteiger partial charge in [0.25, 0.3) is 11.1 Å². The molecule has 1 aliphatic heterocycles. The zero-order valence-corrected chi connectivity index (χ0v) is 18.7. The maximum Gasteiger partial charge on any atom is 0.419 e. The highest BCUT2D eigenvalue weighted by molar-refractivity contribution is 5.90. The summed E-state index contributed by atoms with van der Waals surface area (Å²) in [6, 6.07) is 3.20. The second-order valence-corrected chi connectivity index (χ2v) is 8.22. The maximum atomic E-state index is 14.7. The molecule has 3 aromatic rings. The molecule has 34 heavy (non-hydrogen) atoms. The third-order valence-electron chi connectivity index (χ3n) is 5.83.